The van der Waals surface area contributed by atoms with Crippen molar-refractivity contribution in [1.29, 1.82) is 0 Å². The van der Waals surface area contributed by atoms with E-state index in [0.29, 0.717) is 36.9 Å². The highest BCUT2D eigenvalue weighted by Crippen LogP contribution is 2.17. The molecule has 0 spiro atoms. The van der Waals surface area contributed by atoms with E-state index in [4.69, 9.17) is 18.9 Å². The van der Waals surface area contributed by atoms with Gasteiger partial charge in [-0.1, -0.05) is 51.2 Å². The van der Waals surface area contributed by atoms with E-state index >= 15 is 0 Å². The lowest BCUT2D eigenvalue weighted by atomic mass is 10.1. The van der Waals surface area contributed by atoms with Gasteiger partial charge in [-0.25, -0.2) is 9.59 Å². The van der Waals surface area contributed by atoms with Crippen LogP contribution in [0.25, 0.3) is 6.08 Å². The van der Waals surface area contributed by atoms with Gasteiger partial charge in [-0.3, -0.25) is 4.79 Å². The smallest absolute Gasteiger partial charge is 0.343 e. The first-order valence-electron chi connectivity index (χ1n) is 15.1. The number of carbonyl (C=O) groups excluding carboxylic acids is 3. The molecule has 0 aliphatic carbocycles. The lowest BCUT2D eigenvalue weighted by Gasteiger charge is -2.10. The first-order valence-corrected chi connectivity index (χ1v) is 15.1. The van der Waals surface area contributed by atoms with E-state index < -0.39 is 5.97 Å². The van der Waals surface area contributed by atoms with Gasteiger partial charge in [0.25, 0.3) is 0 Å². The summed E-state index contributed by atoms with van der Waals surface area (Å²) in [5, 5.41) is 0. The standard InChI is InChI=1S/C37H40O7/c1-4-6-25-42-35(38)24-17-30-12-9-29(10-13-30)11-14-31-15-20-34(21-16-31)44-37(40)32-18-22-33(23-19-32)41-26-7-8-27-43-36(39)28(3)5-2/h9-10,12-13,15-24,28H,4-8,25-27H2,1-3H3. The highest BCUT2D eigenvalue weighted by Gasteiger charge is 2.11. The Morgan fingerprint density at radius 3 is 1.95 bits per heavy atom. The SMILES string of the molecule is CCCCOC(=O)C=Cc1ccc(C#Cc2ccc(OC(=O)c3ccc(OCCCCOC(=O)C(C)CC)cc3)cc2)cc1. The third-order valence-electron chi connectivity index (χ3n) is 6.64. The van der Waals surface area contributed by atoms with Crippen LogP contribution in [0.3, 0.4) is 0 Å². The molecule has 7 nitrogen and oxygen atoms in total. The van der Waals surface area contributed by atoms with Crippen LogP contribution in [-0.4, -0.2) is 37.7 Å². The Morgan fingerprint density at radius 2 is 1.32 bits per heavy atom. The van der Waals surface area contributed by atoms with E-state index in [0.717, 1.165) is 48.8 Å². The first kappa shape index (κ1) is 33.7. The Bertz CT molecular complexity index is 1430. The van der Waals surface area contributed by atoms with Gasteiger partial charge in [-0.2, -0.15) is 0 Å². The molecule has 7 heteroatoms. The quantitative estimate of drug-likeness (QED) is 0.0593. The Balaban J connectivity index is 1.41. The molecule has 1 atom stereocenters. The second-order valence-corrected chi connectivity index (χ2v) is 10.2. The van der Waals surface area contributed by atoms with Gasteiger partial charge in [0.05, 0.1) is 31.3 Å². The molecule has 0 aliphatic rings. The number of hydrogen-bond donors (Lipinski definition) is 0. The predicted molar refractivity (Wildman–Crippen MR) is 170 cm³/mol. The zero-order valence-electron chi connectivity index (χ0n) is 25.7. The topological polar surface area (TPSA) is 88.1 Å². The van der Waals surface area contributed by atoms with Gasteiger partial charge in [0.2, 0.25) is 0 Å². The average Bonchev–Trinajstić information content (AvgIpc) is 3.05. The van der Waals surface area contributed by atoms with Gasteiger partial charge in [0.1, 0.15) is 11.5 Å². The zero-order chi connectivity index (χ0) is 31.6. The zero-order valence-corrected chi connectivity index (χ0v) is 25.7. The van der Waals surface area contributed by atoms with Gasteiger partial charge >= 0.3 is 17.9 Å². The van der Waals surface area contributed by atoms with Gasteiger partial charge < -0.3 is 18.9 Å². The Hall–Kier alpha value is -4.83. The maximum atomic E-state index is 12.6. The van der Waals surface area contributed by atoms with Crippen LogP contribution in [0.2, 0.25) is 0 Å². The molecule has 44 heavy (non-hydrogen) atoms. The van der Waals surface area contributed by atoms with E-state index in [-0.39, 0.29) is 17.9 Å². The minimum absolute atomic E-state index is 0.0733. The summed E-state index contributed by atoms with van der Waals surface area (Å²) in [6.07, 6.45) is 7.22. The van der Waals surface area contributed by atoms with Gasteiger partial charge in [0, 0.05) is 17.2 Å². The van der Waals surface area contributed by atoms with Crippen LogP contribution in [-0.2, 0) is 19.1 Å². The minimum atomic E-state index is -0.470. The van der Waals surface area contributed by atoms with Crippen molar-refractivity contribution in [3.05, 3.63) is 101 Å². The van der Waals surface area contributed by atoms with E-state index in [1.165, 1.54) is 6.08 Å². The van der Waals surface area contributed by atoms with Crippen LogP contribution in [0, 0.1) is 17.8 Å². The summed E-state index contributed by atoms with van der Waals surface area (Å²) in [6.45, 7) is 7.17. The van der Waals surface area contributed by atoms with Crippen molar-refractivity contribution in [2.75, 3.05) is 19.8 Å². The highest BCUT2D eigenvalue weighted by molar-refractivity contribution is 5.91. The molecule has 0 fully saturated rings. The summed E-state index contributed by atoms with van der Waals surface area (Å²) in [6, 6.07) is 21.3. The lowest BCUT2D eigenvalue weighted by molar-refractivity contribution is -0.148. The average molecular weight is 597 g/mol. The second kappa shape index (κ2) is 18.7. The van der Waals surface area contributed by atoms with Crippen molar-refractivity contribution < 1.29 is 33.3 Å². The fraction of sp³-hybridized carbons (Fsp3) is 0.324. The molecule has 3 aromatic rings. The molecule has 0 aromatic heterocycles. The second-order valence-electron chi connectivity index (χ2n) is 10.2. The molecule has 0 radical (unpaired) electrons. The van der Waals surface area contributed by atoms with E-state index in [9.17, 15) is 14.4 Å². The number of hydrogen-bond acceptors (Lipinski definition) is 7. The van der Waals surface area contributed by atoms with Gasteiger partial charge in [-0.15, -0.1) is 0 Å². The van der Waals surface area contributed by atoms with Crippen LogP contribution < -0.4 is 9.47 Å². The van der Waals surface area contributed by atoms with Crippen LogP contribution >= 0.6 is 0 Å². The fourth-order valence-electron chi connectivity index (χ4n) is 3.69. The highest BCUT2D eigenvalue weighted by atomic mass is 16.5. The third kappa shape index (κ3) is 12.2. The van der Waals surface area contributed by atoms with Crippen molar-refractivity contribution in [3.63, 3.8) is 0 Å². The monoisotopic (exact) mass is 596 g/mol. The Labute approximate surface area is 260 Å². The molecule has 1 unspecified atom stereocenters. The van der Waals surface area contributed by atoms with Crippen LogP contribution in [0.1, 0.15) is 79.9 Å². The summed E-state index contributed by atoms with van der Waals surface area (Å²) in [4.78, 5) is 36.0. The molecule has 0 N–H and O–H groups in total. The summed E-state index contributed by atoms with van der Waals surface area (Å²) in [7, 11) is 0. The molecule has 3 aromatic carbocycles. The van der Waals surface area contributed by atoms with Crippen LogP contribution in [0.5, 0.6) is 11.5 Å². The normalized spacial score (nSPS) is 11.2. The van der Waals surface area contributed by atoms with E-state index in [1.54, 1.807) is 54.6 Å². The van der Waals surface area contributed by atoms with Crippen molar-refractivity contribution >= 4 is 24.0 Å². The molecule has 0 aliphatic heterocycles. The van der Waals surface area contributed by atoms with Crippen molar-refractivity contribution in [3.8, 4) is 23.3 Å². The predicted octanol–water partition coefficient (Wildman–Crippen LogP) is 7.41. The first-order chi connectivity index (χ1) is 21.4. The number of rotatable bonds is 15. The third-order valence-corrected chi connectivity index (χ3v) is 6.64. The van der Waals surface area contributed by atoms with Crippen molar-refractivity contribution in [2.24, 2.45) is 5.92 Å². The largest absolute Gasteiger partial charge is 0.494 e. The summed E-state index contributed by atoms with van der Waals surface area (Å²) >= 11 is 0. The summed E-state index contributed by atoms with van der Waals surface area (Å²) in [5.74, 6) is 6.22. The fourth-order valence-corrected chi connectivity index (χ4v) is 3.69. The van der Waals surface area contributed by atoms with E-state index in [1.807, 2.05) is 45.0 Å². The number of esters is 3. The van der Waals surface area contributed by atoms with Crippen molar-refractivity contribution in [2.45, 2.75) is 52.9 Å². The molecule has 0 saturated heterocycles. The van der Waals surface area contributed by atoms with Gasteiger partial charge in [0.15, 0.2) is 0 Å². The lowest BCUT2D eigenvalue weighted by Crippen LogP contribution is -2.15. The molecular formula is C37H40O7. The molecule has 230 valence electrons. The number of unbranched alkanes of at least 4 members (excludes halogenated alkanes) is 2. The number of benzene rings is 3. The maximum absolute atomic E-state index is 12.6. The maximum Gasteiger partial charge on any atom is 0.343 e. The number of ether oxygens (including phenoxy) is 4. The Kier molecular flexibility index (Phi) is 14.3. The molecule has 0 bridgehead atoms. The van der Waals surface area contributed by atoms with E-state index in [2.05, 4.69) is 11.8 Å². The molecule has 0 heterocycles. The van der Waals surface area contributed by atoms with Crippen LogP contribution in [0.15, 0.2) is 78.9 Å². The molecular weight excluding hydrogens is 556 g/mol. The molecule has 0 saturated carbocycles. The summed E-state index contributed by atoms with van der Waals surface area (Å²) < 4.78 is 21.6. The molecule has 0 amide bonds. The van der Waals surface area contributed by atoms with Crippen molar-refractivity contribution in [1.82, 2.24) is 0 Å². The molecule has 3 rings (SSSR count). The number of carbonyl (C=O) groups is 3. The summed E-state index contributed by atoms with van der Waals surface area (Å²) in [5.41, 5.74) is 2.89. The Morgan fingerprint density at radius 1 is 0.727 bits per heavy atom. The minimum Gasteiger partial charge on any atom is -0.494 e. The van der Waals surface area contributed by atoms with Crippen LogP contribution in [0.4, 0.5) is 0 Å². The van der Waals surface area contributed by atoms with Gasteiger partial charge in [-0.05, 0) is 98.0 Å².